The van der Waals surface area contributed by atoms with Crippen LogP contribution < -0.4 is 5.73 Å². The molecular formula is C11H12N2O2. The summed E-state index contributed by atoms with van der Waals surface area (Å²) >= 11 is 0. The number of aromatic hydroxyl groups is 1. The Bertz CT molecular complexity index is 502. The summed E-state index contributed by atoms with van der Waals surface area (Å²) in [7, 11) is 0. The van der Waals surface area contributed by atoms with E-state index in [0.29, 0.717) is 12.8 Å². The van der Waals surface area contributed by atoms with Gasteiger partial charge in [-0.1, -0.05) is 0 Å². The van der Waals surface area contributed by atoms with Crippen molar-refractivity contribution >= 4 is 16.8 Å². The highest BCUT2D eigenvalue weighted by Crippen LogP contribution is 2.23. The van der Waals surface area contributed by atoms with Crippen LogP contribution in [0.15, 0.2) is 24.4 Å². The van der Waals surface area contributed by atoms with Gasteiger partial charge in [-0.2, -0.15) is 0 Å². The van der Waals surface area contributed by atoms with E-state index in [1.54, 1.807) is 18.2 Å². The number of aromatic nitrogens is 1. The van der Waals surface area contributed by atoms with Gasteiger partial charge in [-0.3, -0.25) is 4.79 Å². The molecule has 0 spiro atoms. The number of benzene rings is 1. The minimum Gasteiger partial charge on any atom is -0.508 e. The van der Waals surface area contributed by atoms with Crippen molar-refractivity contribution in [2.45, 2.75) is 12.8 Å². The first kappa shape index (κ1) is 9.58. The second kappa shape index (κ2) is 3.65. The van der Waals surface area contributed by atoms with E-state index >= 15 is 0 Å². The van der Waals surface area contributed by atoms with Gasteiger partial charge in [0.15, 0.2) is 0 Å². The predicted octanol–water partition coefficient (Wildman–Crippen LogP) is 1.29. The standard InChI is InChI=1S/C11H12N2O2/c12-11(15)4-1-7-6-13-10-3-2-8(14)5-9(7)10/h2-3,5-6,13-14H,1,4H2,(H2,12,15). The lowest BCUT2D eigenvalue weighted by molar-refractivity contribution is -0.117. The topological polar surface area (TPSA) is 79.1 Å². The molecule has 0 atom stereocenters. The zero-order valence-corrected chi connectivity index (χ0v) is 8.16. The highest BCUT2D eigenvalue weighted by Gasteiger charge is 2.05. The fraction of sp³-hybridized carbons (Fsp3) is 0.182. The van der Waals surface area contributed by atoms with Crippen molar-refractivity contribution in [1.29, 1.82) is 0 Å². The third kappa shape index (κ3) is 1.93. The number of amides is 1. The van der Waals surface area contributed by atoms with Crippen molar-refractivity contribution in [3.63, 3.8) is 0 Å². The highest BCUT2D eigenvalue weighted by molar-refractivity contribution is 5.85. The maximum absolute atomic E-state index is 10.7. The number of hydrogen-bond donors (Lipinski definition) is 3. The Kier molecular flexibility index (Phi) is 2.33. The number of phenols is 1. The minimum atomic E-state index is -0.315. The average Bonchev–Trinajstić information content (AvgIpc) is 2.57. The SMILES string of the molecule is NC(=O)CCc1c[nH]c2ccc(O)cc12. The molecule has 15 heavy (non-hydrogen) atoms. The molecule has 4 heteroatoms. The van der Waals surface area contributed by atoms with Crippen LogP contribution in [0.25, 0.3) is 10.9 Å². The van der Waals surface area contributed by atoms with Crippen molar-refractivity contribution in [3.8, 4) is 5.75 Å². The molecule has 0 bridgehead atoms. The molecule has 0 aliphatic rings. The fourth-order valence-electron chi connectivity index (χ4n) is 1.63. The van der Waals surface area contributed by atoms with Crippen molar-refractivity contribution < 1.29 is 9.90 Å². The third-order valence-corrected chi connectivity index (χ3v) is 2.39. The summed E-state index contributed by atoms with van der Waals surface area (Å²) in [5.41, 5.74) is 7.04. The van der Waals surface area contributed by atoms with Crippen molar-refractivity contribution in [3.05, 3.63) is 30.0 Å². The maximum atomic E-state index is 10.7. The van der Waals surface area contributed by atoms with Crippen molar-refractivity contribution in [2.24, 2.45) is 5.73 Å². The van der Waals surface area contributed by atoms with Gasteiger partial charge in [0.25, 0.3) is 0 Å². The number of phenolic OH excluding ortho intramolecular Hbond substituents is 1. The molecule has 4 nitrogen and oxygen atoms in total. The molecule has 0 saturated heterocycles. The smallest absolute Gasteiger partial charge is 0.217 e. The predicted molar refractivity (Wildman–Crippen MR) is 57.5 cm³/mol. The van der Waals surface area contributed by atoms with Gasteiger partial charge in [-0.25, -0.2) is 0 Å². The van der Waals surface area contributed by atoms with Crippen LogP contribution >= 0.6 is 0 Å². The summed E-state index contributed by atoms with van der Waals surface area (Å²) in [5.74, 6) is -0.0908. The third-order valence-electron chi connectivity index (χ3n) is 2.39. The van der Waals surface area contributed by atoms with Crippen molar-refractivity contribution in [2.75, 3.05) is 0 Å². The van der Waals surface area contributed by atoms with E-state index in [9.17, 15) is 9.90 Å². The van der Waals surface area contributed by atoms with E-state index in [4.69, 9.17) is 5.73 Å². The Morgan fingerprint density at radius 1 is 1.47 bits per heavy atom. The van der Waals surface area contributed by atoms with E-state index in [-0.39, 0.29) is 11.7 Å². The molecule has 1 aromatic heterocycles. The number of primary amides is 1. The second-order valence-electron chi connectivity index (χ2n) is 3.51. The second-order valence-corrected chi connectivity index (χ2v) is 3.51. The molecule has 0 radical (unpaired) electrons. The molecule has 2 aromatic rings. The van der Waals surface area contributed by atoms with Gasteiger partial charge in [-0.15, -0.1) is 0 Å². The number of nitrogens with two attached hydrogens (primary N) is 1. The zero-order valence-electron chi connectivity index (χ0n) is 8.16. The lowest BCUT2D eigenvalue weighted by atomic mass is 10.1. The molecule has 2 rings (SSSR count). The van der Waals surface area contributed by atoms with Crippen LogP contribution in [0.1, 0.15) is 12.0 Å². The maximum Gasteiger partial charge on any atom is 0.217 e. The minimum absolute atomic E-state index is 0.224. The van der Waals surface area contributed by atoms with E-state index < -0.39 is 0 Å². The molecule has 1 heterocycles. The number of fused-ring (bicyclic) bond motifs is 1. The molecule has 1 amide bonds. The number of carbonyl (C=O) groups is 1. The summed E-state index contributed by atoms with van der Waals surface area (Å²) in [6, 6.07) is 5.11. The Hall–Kier alpha value is -1.97. The van der Waals surface area contributed by atoms with Crippen molar-refractivity contribution in [1.82, 2.24) is 4.98 Å². The van der Waals surface area contributed by atoms with Gasteiger partial charge in [-0.05, 0) is 30.2 Å². The first-order valence-electron chi connectivity index (χ1n) is 4.74. The average molecular weight is 204 g/mol. The van der Waals surface area contributed by atoms with E-state index in [2.05, 4.69) is 4.98 Å². The quantitative estimate of drug-likeness (QED) is 0.704. The summed E-state index contributed by atoms with van der Waals surface area (Å²) in [6.45, 7) is 0. The highest BCUT2D eigenvalue weighted by atomic mass is 16.3. The Morgan fingerprint density at radius 2 is 2.27 bits per heavy atom. The Balaban J connectivity index is 2.35. The van der Waals surface area contributed by atoms with Crippen LogP contribution in [0.2, 0.25) is 0 Å². The van der Waals surface area contributed by atoms with Gasteiger partial charge in [0.1, 0.15) is 5.75 Å². The van der Waals surface area contributed by atoms with E-state index in [1.165, 1.54) is 0 Å². The molecule has 0 saturated carbocycles. The summed E-state index contributed by atoms with van der Waals surface area (Å²) in [5, 5.41) is 10.3. The first-order chi connectivity index (χ1) is 7.16. The molecule has 0 unspecified atom stereocenters. The molecule has 0 aliphatic carbocycles. The van der Waals surface area contributed by atoms with E-state index in [1.807, 2.05) is 6.20 Å². The number of hydrogen-bond acceptors (Lipinski definition) is 2. The van der Waals surface area contributed by atoms with Gasteiger partial charge >= 0.3 is 0 Å². The van der Waals surface area contributed by atoms with Gasteiger partial charge < -0.3 is 15.8 Å². The number of aromatic amines is 1. The van der Waals surface area contributed by atoms with Gasteiger partial charge in [0.2, 0.25) is 5.91 Å². The fourth-order valence-corrected chi connectivity index (χ4v) is 1.63. The molecule has 4 N–H and O–H groups in total. The molecule has 0 aliphatic heterocycles. The normalized spacial score (nSPS) is 10.7. The van der Waals surface area contributed by atoms with Crippen LogP contribution in [-0.2, 0) is 11.2 Å². The number of carbonyl (C=O) groups excluding carboxylic acids is 1. The van der Waals surface area contributed by atoms with Crippen LogP contribution in [0.4, 0.5) is 0 Å². The van der Waals surface area contributed by atoms with Crippen LogP contribution in [0.5, 0.6) is 5.75 Å². The molecule has 0 fully saturated rings. The number of nitrogens with one attached hydrogen (secondary N) is 1. The van der Waals surface area contributed by atoms with Crippen LogP contribution in [0.3, 0.4) is 0 Å². The molecule has 78 valence electrons. The number of aryl methyl sites for hydroxylation is 1. The Morgan fingerprint density at radius 3 is 3.00 bits per heavy atom. The number of rotatable bonds is 3. The van der Waals surface area contributed by atoms with Gasteiger partial charge in [0.05, 0.1) is 0 Å². The largest absolute Gasteiger partial charge is 0.508 e. The van der Waals surface area contributed by atoms with Crippen LogP contribution in [0, 0.1) is 0 Å². The molecule has 1 aromatic carbocycles. The lowest BCUT2D eigenvalue weighted by Gasteiger charge is -1.97. The van der Waals surface area contributed by atoms with E-state index in [0.717, 1.165) is 16.5 Å². The monoisotopic (exact) mass is 204 g/mol. The number of H-pyrrole nitrogens is 1. The lowest BCUT2D eigenvalue weighted by Crippen LogP contribution is -2.10. The first-order valence-corrected chi connectivity index (χ1v) is 4.74. The summed E-state index contributed by atoms with van der Waals surface area (Å²) in [6.07, 6.45) is 2.76. The summed E-state index contributed by atoms with van der Waals surface area (Å²) < 4.78 is 0. The summed E-state index contributed by atoms with van der Waals surface area (Å²) in [4.78, 5) is 13.7. The zero-order chi connectivity index (χ0) is 10.8. The van der Waals surface area contributed by atoms with Gasteiger partial charge in [0, 0.05) is 23.5 Å². The Labute approximate surface area is 86.7 Å². The van der Waals surface area contributed by atoms with Crippen LogP contribution in [-0.4, -0.2) is 16.0 Å². The molecular weight excluding hydrogens is 192 g/mol.